The first-order valence-electron chi connectivity index (χ1n) is 9.03. The van der Waals surface area contributed by atoms with E-state index in [1.165, 1.54) is 0 Å². The molecule has 0 fully saturated rings. The Balaban J connectivity index is 1.42. The number of nitrogens with one attached hydrogen (secondary N) is 1. The topological polar surface area (TPSA) is 98.7 Å². The fourth-order valence-corrected chi connectivity index (χ4v) is 2.77. The summed E-state index contributed by atoms with van der Waals surface area (Å²) in [5, 5.41) is 11.3. The molecule has 0 unspecified atom stereocenters. The lowest BCUT2D eigenvalue weighted by molar-refractivity contribution is -0.121. The summed E-state index contributed by atoms with van der Waals surface area (Å²) in [6, 6.07) is 7.55. The molecule has 0 saturated carbocycles. The van der Waals surface area contributed by atoms with Crippen molar-refractivity contribution in [2.45, 2.75) is 40.2 Å². The van der Waals surface area contributed by atoms with E-state index < -0.39 is 0 Å². The van der Waals surface area contributed by atoms with Gasteiger partial charge in [-0.05, 0) is 38.0 Å². The van der Waals surface area contributed by atoms with Gasteiger partial charge in [-0.2, -0.15) is 10.1 Å². The van der Waals surface area contributed by atoms with E-state index in [2.05, 4.69) is 38.5 Å². The highest BCUT2D eigenvalue weighted by Gasteiger charge is 2.12. The summed E-state index contributed by atoms with van der Waals surface area (Å²) in [5.41, 5.74) is 2.79. The van der Waals surface area contributed by atoms with Crippen LogP contribution in [0.15, 0.2) is 35.0 Å². The Morgan fingerprint density at radius 2 is 2.19 bits per heavy atom. The molecular formula is C19H24N6O2. The number of aromatic nitrogens is 5. The first-order valence-corrected chi connectivity index (χ1v) is 9.03. The van der Waals surface area contributed by atoms with Gasteiger partial charge in [0.15, 0.2) is 0 Å². The monoisotopic (exact) mass is 368 g/mol. The lowest BCUT2D eigenvalue weighted by Gasteiger charge is -2.13. The van der Waals surface area contributed by atoms with Crippen molar-refractivity contribution in [2.24, 2.45) is 5.92 Å². The second-order valence-electron chi connectivity index (χ2n) is 6.75. The smallest absolute Gasteiger partial charge is 0.227 e. The van der Waals surface area contributed by atoms with Crippen LogP contribution in [-0.4, -0.2) is 37.4 Å². The summed E-state index contributed by atoms with van der Waals surface area (Å²) in [6.45, 7) is 7.48. The molecule has 142 valence electrons. The molecule has 1 atom stereocenters. The lowest BCUT2D eigenvalue weighted by Crippen LogP contribution is -2.30. The number of hydrogen-bond donors (Lipinski definition) is 1. The number of carbonyl (C=O) groups is 1. The zero-order valence-corrected chi connectivity index (χ0v) is 15.8. The highest BCUT2D eigenvalue weighted by molar-refractivity contribution is 5.76. The average Bonchev–Trinajstić information content (AvgIpc) is 3.25. The summed E-state index contributed by atoms with van der Waals surface area (Å²) < 4.78 is 7.17. The minimum atomic E-state index is -0.0344. The zero-order chi connectivity index (χ0) is 19.2. The normalized spacial score (nSPS) is 12.1. The van der Waals surface area contributed by atoms with Crippen LogP contribution in [0, 0.1) is 19.8 Å². The van der Waals surface area contributed by atoms with Crippen LogP contribution in [-0.2, 0) is 17.8 Å². The van der Waals surface area contributed by atoms with E-state index in [1.807, 2.05) is 36.7 Å². The number of rotatable bonds is 8. The Morgan fingerprint density at radius 3 is 2.89 bits per heavy atom. The molecule has 0 spiro atoms. The summed E-state index contributed by atoms with van der Waals surface area (Å²) in [4.78, 5) is 20.5. The molecule has 27 heavy (non-hydrogen) atoms. The Kier molecular flexibility index (Phi) is 5.95. The van der Waals surface area contributed by atoms with Gasteiger partial charge in [0, 0.05) is 37.8 Å². The predicted octanol–water partition coefficient (Wildman–Crippen LogP) is 2.33. The van der Waals surface area contributed by atoms with Crippen molar-refractivity contribution in [3.63, 3.8) is 0 Å². The van der Waals surface area contributed by atoms with Crippen LogP contribution in [0.1, 0.15) is 30.6 Å². The van der Waals surface area contributed by atoms with Crippen LogP contribution in [0.25, 0.3) is 11.5 Å². The predicted molar refractivity (Wildman–Crippen MR) is 99.7 cm³/mol. The van der Waals surface area contributed by atoms with Gasteiger partial charge < -0.3 is 9.84 Å². The lowest BCUT2D eigenvalue weighted by atomic mass is 10.1. The Hall–Kier alpha value is -3.03. The third kappa shape index (κ3) is 5.22. The number of hydrogen-bond acceptors (Lipinski definition) is 6. The van der Waals surface area contributed by atoms with Gasteiger partial charge in [-0.25, -0.2) is 0 Å². The van der Waals surface area contributed by atoms with Gasteiger partial charge in [0.1, 0.15) is 5.69 Å². The number of carbonyl (C=O) groups excluding carboxylic acids is 1. The second kappa shape index (κ2) is 8.57. The standard InChI is InChI=1S/C19H24N6O2/c1-13(12-25-15(3)10-14(2)23-25)11-21-17(26)7-8-18-22-19(24-27-18)16-6-4-5-9-20-16/h4-6,9-10,13H,7-8,11-12H2,1-3H3,(H,21,26)/t13-/m1/s1. The van der Waals surface area contributed by atoms with E-state index in [4.69, 9.17) is 4.52 Å². The van der Waals surface area contributed by atoms with Crippen molar-refractivity contribution >= 4 is 5.91 Å². The van der Waals surface area contributed by atoms with Gasteiger partial charge in [0.2, 0.25) is 17.6 Å². The van der Waals surface area contributed by atoms with Gasteiger partial charge in [0.25, 0.3) is 0 Å². The molecule has 0 saturated heterocycles. The molecule has 3 heterocycles. The minimum Gasteiger partial charge on any atom is -0.356 e. The third-order valence-electron chi connectivity index (χ3n) is 4.16. The SMILES string of the molecule is Cc1cc(C)n(C[C@H](C)CNC(=O)CCc2nc(-c3ccccn3)no2)n1. The number of aryl methyl sites for hydroxylation is 3. The van der Waals surface area contributed by atoms with Crippen LogP contribution in [0.5, 0.6) is 0 Å². The quantitative estimate of drug-likeness (QED) is 0.655. The molecule has 0 aromatic carbocycles. The van der Waals surface area contributed by atoms with E-state index in [0.29, 0.717) is 36.8 Å². The summed E-state index contributed by atoms with van der Waals surface area (Å²) >= 11 is 0. The van der Waals surface area contributed by atoms with Gasteiger partial charge in [-0.1, -0.05) is 18.1 Å². The Labute approximate surface area is 158 Å². The van der Waals surface area contributed by atoms with Gasteiger partial charge in [0.05, 0.1) is 5.69 Å². The molecule has 0 aliphatic carbocycles. The molecule has 8 nitrogen and oxygen atoms in total. The van der Waals surface area contributed by atoms with E-state index in [1.54, 1.807) is 6.20 Å². The number of nitrogens with zero attached hydrogens (tertiary/aromatic N) is 5. The van der Waals surface area contributed by atoms with Crippen LogP contribution in [0.2, 0.25) is 0 Å². The van der Waals surface area contributed by atoms with Crippen molar-refractivity contribution < 1.29 is 9.32 Å². The summed E-state index contributed by atoms with van der Waals surface area (Å²) in [7, 11) is 0. The third-order valence-corrected chi connectivity index (χ3v) is 4.16. The molecule has 0 bridgehead atoms. The molecule has 0 aliphatic heterocycles. The number of amides is 1. The van der Waals surface area contributed by atoms with E-state index in [9.17, 15) is 4.79 Å². The van der Waals surface area contributed by atoms with Crippen molar-refractivity contribution in [2.75, 3.05) is 6.54 Å². The molecule has 3 aromatic heterocycles. The molecule has 0 radical (unpaired) electrons. The first-order chi connectivity index (χ1) is 13.0. The summed E-state index contributed by atoms with van der Waals surface area (Å²) in [6.07, 6.45) is 2.38. The maximum atomic E-state index is 12.1. The van der Waals surface area contributed by atoms with E-state index >= 15 is 0 Å². The molecule has 1 amide bonds. The Bertz CT molecular complexity index is 887. The highest BCUT2D eigenvalue weighted by Crippen LogP contribution is 2.12. The molecule has 3 rings (SSSR count). The van der Waals surface area contributed by atoms with Crippen molar-refractivity contribution in [1.29, 1.82) is 0 Å². The molecule has 0 aliphatic rings. The van der Waals surface area contributed by atoms with Crippen molar-refractivity contribution in [3.8, 4) is 11.5 Å². The van der Waals surface area contributed by atoms with Crippen LogP contribution in [0.4, 0.5) is 0 Å². The maximum absolute atomic E-state index is 12.1. The summed E-state index contributed by atoms with van der Waals surface area (Å²) in [5.74, 6) is 1.12. The maximum Gasteiger partial charge on any atom is 0.227 e. The van der Waals surface area contributed by atoms with Gasteiger partial charge in [-0.15, -0.1) is 0 Å². The largest absolute Gasteiger partial charge is 0.356 e. The average molecular weight is 368 g/mol. The van der Waals surface area contributed by atoms with Crippen LogP contribution < -0.4 is 5.32 Å². The second-order valence-corrected chi connectivity index (χ2v) is 6.75. The number of pyridine rings is 1. The molecular weight excluding hydrogens is 344 g/mol. The fourth-order valence-electron chi connectivity index (χ4n) is 2.77. The Morgan fingerprint density at radius 1 is 1.33 bits per heavy atom. The first kappa shape index (κ1) is 18.8. The minimum absolute atomic E-state index is 0.0344. The van der Waals surface area contributed by atoms with Crippen LogP contribution >= 0.6 is 0 Å². The van der Waals surface area contributed by atoms with Crippen LogP contribution in [0.3, 0.4) is 0 Å². The molecule has 8 heteroatoms. The van der Waals surface area contributed by atoms with E-state index in [0.717, 1.165) is 17.9 Å². The van der Waals surface area contributed by atoms with E-state index in [-0.39, 0.29) is 11.8 Å². The zero-order valence-electron chi connectivity index (χ0n) is 15.8. The highest BCUT2D eigenvalue weighted by atomic mass is 16.5. The molecule has 1 N–H and O–H groups in total. The van der Waals surface area contributed by atoms with Gasteiger partial charge in [-0.3, -0.25) is 14.5 Å². The molecule has 3 aromatic rings. The fraction of sp³-hybridized carbons (Fsp3) is 0.421. The van der Waals surface area contributed by atoms with Gasteiger partial charge >= 0.3 is 0 Å². The van der Waals surface area contributed by atoms with Crippen molar-refractivity contribution in [3.05, 3.63) is 47.7 Å². The van der Waals surface area contributed by atoms with Crippen molar-refractivity contribution in [1.82, 2.24) is 30.2 Å².